The molecule has 2 aromatic carbocycles. The number of para-hydroxylation sites is 1. The maximum absolute atomic E-state index is 12.5. The quantitative estimate of drug-likeness (QED) is 0.568. The summed E-state index contributed by atoms with van der Waals surface area (Å²) in [7, 11) is 0. The number of esters is 1. The van der Waals surface area contributed by atoms with Crippen LogP contribution in [-0.4, -0.2) is 52.7 Å². The van der Waals surface area contributed by atoms with Gasteiger partial charge in [0.1, 0.15) is 5.69 Å². The van der Waals surface area contributed by atoms with Gasteiger partial charge in [-0.25, -0.2) is 4.79 Å². The van der Waals surface area contributed by atoms with Crippen molar-refractivity contribution >= 4 is 29.2 Å². The van der Waals surface area contributed by atoms with E-state index in [0.717, 1.165) is 24.1 Å². The molecule has 2 heterocycles. The molecule has 0 unspecified atom stereocenters. The minimum absolute atomic E-state index is 0.202. The van der Waals surface area contributed by atoms with Gasteiger partial charge >= 0.3 is 5.97 Å². The topological polar surface area (TPSA) is 87.3 Å². The van der Waals surface area contributed by atoms with Crippen LogP contribution in [-0.2, 0) is 9.53 Å². The molecule has 31 heavy (non-hydrogen) atoms. The SMILES string of the molecule is O=C(OCC(=O)N1CCC(Nc2ccccc2Cl)CC1)c1cc(-c2ccccc2)n[nH]1. The highest BCUT2D eigenvalue weighted by Crippen LogP contribution is 2.24. The number of hydrogen-bond acceptors (Lipinski definition) is 5. The molecule has 0 atom stereocenters. The number of aromatic nitrogens is 2. The molecule has 4 rings (SSSR count). The fourth-order valence-corrected chi connectivity index (χ4v) is 3.74. The molecule has 1 aliphatic rings. The second-order valence-corrected chi connectivity index (χ2v) is 7.80. The smallest absolute Gasteiger partial charge is 0.356 e. The lowest BCUT2D eigenvalue weighted by atomic mass is 10.0. The normalized spacial score (nSPS) is 14.3. The van der Waals surface area contributed by atoms with Crippen molar-refractivity contribution in [1.29, 1.82) is 0 Å². The fourth-order valence-electron chi connectivity index (χ4n) is 3.55. The van der Waals surface area contributed by atoms with E-state index in [4.69, 9.17) is 16.3 Å². The molecule has 1 aromatic heterocycles. The molecule has 160 valence electrons. The van der Waals surface area contributed by atoms with Crippen molar-refractivity contribution in [2.24, 2.45) is 0 Å². The van der Waals surface area contributed by atoms with Gasteiger partial charge in [0.05, 0.1) is 16.4 Å². The Labute approximate surface area is 185 Å². The van der Waals surface area contributed by atoms with Gasteiger partial charge in [0.25, 0.3) is 5.91 Å². The molecule has 1 fully saturated rings. The molecule has 0 bridgehead atoms. The van der Waals surface area contributed by atoms with Crippen LogP contribution in [0.3, 0.4) is 0 Å². The third-order valence-electron chi connectivity index (χ3n) is 5.28. The van der Waals surface area contributed by atoms with E-state index in [1.54, 1.807) is 11.0 Å². The molecule has 1 saturated heterocycles. The lowest BCUT2D eigenvalue weighted by molar-refractivity contribution is -0.135. The number of piperidine rings is 1. The first-order chi connectivity index (χ1) is 15.1. The van der Waals surface area contributed by atoms with Crippen molar-refractivity contribution in [3.8, 4) is 11.3 Å². The minimum atomic E-state index is -0.599. The van der Waals surface area contributed by atoms with Crippen LogP contribution in [0.5, 0.6) is 0 Å². The predicted molar refractivity (Wildman–Crippen MR) is 119 cm³/mol. The summed E-state index contributed by atoms with van der Waals surface area (Å²) >= 11 is 6.20. The highest BCUT2D eigenvalue weighted by atomic mass is 35.5. The van der Waals surface area contributed by atoms with Crippen molar-refractivity contribution in [3.63, 3.8) is 0 Å². The van der Waals surface area contributed by atoms with Gasteiger partial charge in [-0.05, 0) is 31.0 Å². The summed E-state index contributed by atoms with van der Waals surface area (Å²) in [4.78, 5) is 26.5. The first kappa shape index (κ1) is 20.9. The largest absolute Gasteiger partial charge is 0.451 e. The van der Waals surface area contributed by atoms with Gasteiger partial charge in [-0.15, -0.1) is 0 Å². The summed E-state index contributed by atoms with van der Waals surface area (Å²) in [5, 5.41) is 10.9. The Balaban J connectivity index is 1.24. The van der Waals surface area contributed by atoms with E-state index >= 15 is 0 Å². The number of ether oxygens (including phenoxy) is 1. The Hall–Kier alpha value is -3.32. The van der Waals surface area contributed by atoms with Crippen molar-refractivity contribution in [2.45, 2.75) is 18.9 Å². The maximum atomic E-state index is 12.5. The number of amides is 1. The Morgan fingerprint density at radius 1 is 1.10 bits per heavy atom. The maximum Gasteiger partial charge on any atom is 0.356 e. The molecule has 0 saturated carbocycles. The van der Waals surface area contributed by atoms with Crippen molar-refractivity contribution in [3.05, 3.63) is 71.4 Å². The molecule has 3 aromatic rings. The van der Waals surface area contributed by atoms with Crippen LogP contribution < -0.4 is 5.32 Å². The van der Waals surface area contributed by atoms with Gasteiger partial charge < -0.3 is 15.0 Å². The van der Waals surface area contributed by atoms with E-state index in [9.17, 15) is 9.59 Å². The number of H-pyrrole nitrogens is 1. The number of anilines is 1. The van der Waals surface area contributed by atoms with Crippen LogP contribution in [0.25, 0.3) is 11.3 Å². The highest BCUT2D eigenvalue weighted by Gasteiger charge is 2.24. The standard InChI is InChI=1S/C23H23ClN4O3/c24-18-8-4-5-9-19(18)25-17-10-12-28(13-11-17)22(29)15-31-23(30)21-14-20(26-27-21)16-6-2-1-3-7-16/h1-9,14,17,25H,10-13,15H2,(H,26,27). The molecule has 0 spiro atoms. The number of carbonyl (C=O) groups excluding carboxylic acids is 2. The van der Waals surface area contributed by atoms with E-state index in [1.807, 2.05) is 54.6 Å². The van der Waals surface area contributed by atoms with Crippen molar-refractivity contribution in [1.82, 2.24) is 15.1 Å². The minimum Gasteiger partial charge on any atom is -0.451 e. The molecule has 8 heteroatoms. The van der Waals surface area contributed by atoms with Crippen LogP contribution in [0.2, 0.25) is 5.02 Å². The molecular formula is C23H23ClN4O3. The van der Waals surface area contributed by atoms with Gasteiger partial charge in [-0.3, -0.25) is 9.89 Å². The second kappa shape index (κ2) is 9.66. The Bertz CT molecular complexity index is 1050. The van der Waals surface area contributed by atoms with Gasteiger partial charge in [-0.2, -0.15) is 5.10 Å². The van der Waals surface area contributed by atoms with E-state index in [2.05, 4.69) is 15.5 Å². The monoisotopic (exact) mass is 438 g/mol. The highest BCUT2D eigenvalue weighted by molar-refractivity contribution is 6.33. The summed E-state index contributed by atoms with van der Waals surface area (Å²) in [6.45, 7) is 0.905. The lowest BCUT2D eigenvalue weighted by Crippen LogP contribution is -2.44. The van der Waals surface area contributed by atoms with E-state index in [1.165, 1.54) is 0 Å². The van der Waals surface area contributed by atoms with Crippen LogP contribution in [0.4, 0.5) is 5.69 Å². The zero-order valence-corrected chi connectivity index (χ0v) is 17.6. The lowest BCUT2D eigenvalue weighted by Gasteiger charge is -2.33. The zero-order chi connectivity index (χ0) is 21.6. The number of rotatable bonds is 6. The molecular weight excluding hydrogens is 416 g/mol. The first-order valence-corrected chi connectivity index (χ1v) is 10.5. The fraction of sp³-hybridized carbons (Fsp3) is 0.261. The molecule has 1 aliphatic heterocycles. The molecule has 7 nitrogen and oxygen atoms in total. The number of carbonyl (C=O) groups is 2. The predicted octanol–water partition coefficient (Wildman–Crippen LogP) is 3.99. The van der Waals surface area contributed by atoms with Crippen LogP contribution in [0, 0.1) is 0 Å². The van der Waals surface area contributed by atoms with Crippen molar-refractivity contribution < 1.29 is 14.3 Å². The number of aromatic amines is 1. The van der Waals surface area contributed by atoms with Crippen LogP contribution >= 0.6 is 11.6 Å². The number of nitrogens with one attached hydrogen (secondary N) is 2. The molecule has 0 radical (unpaired) electrons. The average molecular weight is 439 g/mol. The van der Waals surface area contributed by atoms with Gasteiger partial charge in [0.15, 0.2) is 6.61 Å². The third-order valence-corrected chi connectivity index (χ3v) is 5.60. The van der Waals surface area contributed by atoms with E-state index < -0.39 is 5.97 Å². The number of benzene rings is 2. The van der Waals surface area contributed by atoms with Crippen molar-refractivity contribution in [2.75, 3.05) is 25.0 Å². The van der Waals surface area contributed by atoms with Gasteiger partial charge in [-0.1, -0.05) is 54.1 Å². The summed E-state index contributed by atoms with van der Waals surface area (Å²) in [6.07, 6.45) is 1.60. The number of hydrogen-bond donors (Lipinski definition) is 2. The zero-order valence-electron chi connectivity index (χ0n) is 16.9. The summed E-state index contributed by atoms with van der Waals surface area (Å²) in [5.74, 6) is -0.800. The molecule has 0 aliphatic carbocycles. The summed E-state index contributed by atoms with van der Waals surface area (Å²) < 4.78 is 5.20. The Morgan fingerprint density at radius 3 is 2.55 bits per heavy atom. The Morgan fingerprint density at radius 2 is 1.81 bits per heavy atom. The summed E-state index contributed by atoms with van der Waals surface area (Å²) in [6, 6.07) is 19.0. The summed E-state index contributed by atoms with van der Waals surface area (Å²) in [5.41, 5.74) is 2.65. The van der Waals surface area contributed by atoms with Crippen LogP contribution in [0.1, 0.15) is 23.3 Å². The Kier molecular flexibility index (Phi) is 6.52. The number of halogens is 1. The average Bonchev–Trinajstić information content (AvgIpc) is 3.30. The molecule has 1 amide bonds. The second-order valence-electron chi connectivity index (χ2n) is 7.39. The van der Waals surface area contributed by atoms with Gasteiger partial charge in [0.2, 0.25) is 0 Å². The number of nitrogens with zero attached hydrogens (tertiary/aromatic N) is 2. The van der Waals surface area contributed by atoms with Crippen LogP contribution in [0.15, 0.2) is 60.7 Å². The van der Waals surface area contributed by atoms with Gasteiger partial charge in [0, 0.05) is 24.7 Å². The van der Waals surface area contributed by atoms with E-state index in [-0.39, 0.29) is 24.2 Å². The molecule has 2 N–H and O–H groups in total. The number of likely N-dealkylation sites (tertiary alicyclic amines) is 1. The first-order valence-electron chi connectivity index (χ1n) is 10.2. The van der Waals surface area contributed by atoms with E-state index in [0.29, 0.717) is 23.8 Å². The third kappa shape index (κ3) is 5.24.